The molecular weight excluding hydrogens is 136 g/mol. The van der Waals surface area contributed by atoms with Gasteiger partial charge in [0.2, 0.25) is 0 Å². The minimum atomic E-state index is -0.713. The number of benzene rings is 1. The second kappa shape index (κ2) is 3.15. The number of rotatable bonds is 0. The van der Waals surface area contributed by atoms with Crippen LogP contribution in [-0.2, 0) is 0 Å². The van der Waals surface area contributed by atoms with Gasteiger partial charge in [0.1, 0.15) is 17.3 Å². The lowest BCUT2D eigenvalue weighted by molar-refractivity contribution is 0.592. The fraction of sp³-hybridized carbons (Fsp3) is 0.143. The molecule has 0 fully saturated rings. The van der Waals surface area contributed by atoms with E-state index >= 15 is 0 Å². The molecule has 0 unspecified atom stereocenters. The Labute approximate surface area is 58.5 Å². The minimum absolute atomic E-state index is 0. The summed E-state index contributed by atoms with van der Waals surface area (Å²) in [7, 11) is 0. The van der Waals surface area contributed by atoms with E-state index in [1.54, 1.807) is 0 Å². The Hall–Kier alpha value is -1.12. The molecule has 0 aromatic heterocycles. The van der Waals surface area contributed by atoms with Gasteiger partial charge in [-0.3, -0.25) is 0 Å². The summed E-state index contributed by atoms with van der Waals surface area (Å²) in [6, 6.07) is 3.48. The largest absolute Gasteiger partial charge is 0.394 e. The van der Waals surface area contributed by atoms with Crippen molar-refractivity contribution in [3.8, 4) is 0 Å². The summed E-state index contributed by atoms with van der Waals surface area (Å²) in [5, 5.41) is 0. The van der Waals surface area contributed by atoms with E-state index in [9.17, 15) is 8.78 Å². The highest BCUT2D eigenvalue weighted by Gasteiger charge is 2.00. The van der Waals surface area contributed by atoms with Crippen LogP contribution in [0.5, 0.6) is 0 Å². The van der Waals surface area contributed by atoms with Gasteiger partial charge < -0.3 is 5.73 Å². The first-order valence-corrected chi connectivity index (χ1v) is 2.41. The second-order valence-electron chi connectivity index (χ2n) is 1.64. The summed E-state index contributed by atoms with van der Waals surface area (Å²) >= 11 is 0. The van der Waals surface area contributed by atoms with Crippen molar-refractivity contribution in [3.63, 3.8) is 0 Å². The van der Waals surface area contributed by atoms with Crippen molar-refractivity contribution in [2.45, 2.75) is 7.43 Å². The number of nitrogen functional groups attached to an aromatic ring is 1. The molecule has 10 heavy (non-hydrogen) atoms. The van der Waals surface area contributed by atoms with Crippen LogP contribution in [0.4, 0.5) is 14.5 Å². The van der Waals surface area contributed by atoms with Gasteiger partial charge in [0, 0.05) is 0 Å². The Kier molecular flexibility index (Phi) is 2.80. The number of hydrogen-bond acceptors (Lipinski definition) is 1. The molecule has 0 saturated heterocycles. The number of para-hydroxylation sites is 1. The zero-order valence-corrected chi connectivity index (χ0v) is 4.57. The van der Waals surface area contributed by atoms with Crippen molar-refractivity contribution in [2.24, 2.45) is 0 Å². The Bertz CT molecular complexity index is 203. The fourth-order valence-electron chi connectivity index (χ4n) is 0.511. The lowest BCUT2D eigenvalue weighted by atomic mass is 10.3. The maximum Gasteiger partial charge on any atom is 0.149 e. The molecule has 1 nitrogen and oxygen atoms in total. The molecule has 0 saturated carbocycles. The van der Waals surface area contributed by atoms with E-state index in [0.29, 0.717) is 0 Å². The van der Waals surface area contributed by atoms with Gasteiger partial charge >= 0.3 is 0 Å². The lowest BCUT2D eigenvalue weighted by Gasteiger charge is -1.94. The molecule has 2 N–H and O–H groups in total. The van der Waals surface area contributed by atoms with Gasteiger partial charge in [0.05, 0.1) is 0 Å². The van der Waals surface area contributed by atoms with Crippen LogP contribution in [0.25, 0.3) is 0 Å². The maximum absolute atomic E-state index is 12.2. The quantitative estimate of drug-likeness (QED) is 0.556. The Morgan fingerprint density at radius 3 is 1.80 bits per heavy atom. The van der Waals surface area contributed by atoms with Gasteiger partial charge in [-0.1, -0.05) is 13.5 Å². The molecule has 0 aliphatic rings. The van der Waals surface area contributed by atoms with Gasteiger partial charge in [-0.25, -0.2) is 8.78 Å². The summed E-state index contributed by atoms with van der Waals surface area (Å²) < 4.78 is 24.4. The topological polar surface area (TPSA) is 26.0 Å². The summed E-state index contributed by atoms with van der Waals surface area (Å²) in [5.41, 5.74) is 4.51. The van der Waals surface area contributed by atoms with Gasteiger partial charge in [0.15, 0.2) is 0 Å². The molecule has 0 bridgehead atoms. The van der Waals surface area contributed by atoms with Crippen LogP contribution in [0.3, 0.4) is 0 Å². The average molecular weight is 145 g/mol. The van der Waals surface area contributed by atoms with Crippen LogP contribution >= 0.6 is 0 Å². The van der Waals surface area contributed by atoms with Crippen LogP contribution in [-0.4, -0.2) is 0 Å². The van der Waals surface area contributed by atoms with Crippen LogP contribution in [0.15, 0.2) is 18.2 Å². The molecule has 1 rings (SSSR count). The van der Waals surface area contributed by atoms with Crippen molar-refractivity contribution < 1.29 is 8.78 Å². The van der Waals surface area contributed by atoms with Crippen LogP contribution < -0.4 is 5.73 Å². The third kappa shape index (κ3) is 1.43. The van der Waals surface area contributed by atoms with Gasteiger partial charge in [-0.2, -0.15) is 0 Å². The smallest absolute Gasteiger partial charge is 0.149 e. The van der Waals surface area contributed by atoms with E-state index in [2.05, 4.69) is 0 Å². The van der Waals surface area contributed by atoms with E-state index in [1.807, 2.05) is 0 Å². The maximum atomic E-state index is 12.2. The zero-order valence-electron chi connectivity index (χ0n) is 4.57. The third-order valence-corrected chi connectivity index (χ3v) is 1.000. The molecule has 0 amide bonds. The second-order valence-corrected chi connectivity index (χ2v) is 1.64. The third-order valence-electron chi connectivity index (χ3n) is 1.000. The molecule has 1 aromatic carbocycles. The molecule has 0 atom stereocenters. The molecule has 0 aliphatic carbocycles. The van der Waals surface area contributed by atoms with E-state index in [1.165, 1.54) is 6.07 Å². The van der Waals surface area contributed by atoms with Crippen LogP contribution in [0.2, 0.25) is 0 Å². The molecule has 0 spiro atoms. The molecular formula is C7H9F2N. The number of halogens is 2. The van der Waals surface area contributed by atoms with Crippen molar-refractivity contribution in [1.82, 2.24) is 0 Å². The number of anilines is 1. The average Bonchev–Trinajstić information content (AvgIpc) is 1.83. The Balaban J connectivity index is 0.000000810. The van der Waals surface area contributed by atoms with Crippen molar-refractivity contribution >= 4 is 5.69 Å². The van der Waals surface area contributed by atoms with Crippen molar-refractivity contribution in [1.29, 1.82) is 0 Å². The number of nitrogens with two attached hydrogens (primary N) is 1. The molecule has 0 aliphatic heterocycles. The molecule has 56 valence electrons. The first-order chi connectivity index (χ1) is 4.22. The number of hydrogen-bond donors (Lipinski definition) is 1. The summed E-state index contributed by atoms with van der Waals surface area (Å²) in [5.74, 6) is -1.43. The van der Waals surface area contributed by atoms with E-state index < -0.39 is 17.3 Å². The predicted molar refractivity (Wildman–Crippen MR) is 37.5 cm³/mol. The highest BCUT2D eigenvalue weighted by Crippen LogP contribution is 2.12. The Morgan fingerprint density at radius 1 is 1.10 bits per heavy atom. The monoisotopic (exact) mass is 145 g/mol. The van der Waals surface area contributed by atoms with E-state index in [0.717, 1.165) is 12.1 Å². The first-order valence-electron chi connectivity index (χ1n) is 2.41. The Morgan fingerprint density at radius 2 is 1.50 bits per heavy atom. The van der Waals surface area contributed by atoms with E-state index in [4.69, 9.17) is 5.73 Å². The zero-order chi connectivity index (χ0) is 6.85. The van der Waals surface area contributed by atoms with Crippen molar-refractivity contribution in [3.05, 3.63) is 29.8 Å². The minimum Gasteiger partial charge on any atom is -0.394 e. The molecule has 1 aromatic rings. The first kappa shape index (κ1) is 8.88. The molecule has 0 heterocycles. The normalized spacial score (nSPS) is 8.60. The van der Waals surface area contributed by atoms with Gasteiger partial charge in [0.25, 0.3) is 0 Å². The SMILES string of the molecule is C.Nc1c(F)cccc1F. The standard InChI is InChI=1S/C6H5F2N.CH4/c7-4-2-1-3-5(8)6(4)9;/h1-3H,9H2;1H4. The lowest BCUT2D eigenvalue weighted by Crippen LogP contribution is -1.93. The predicted octanol–water partition coefficient (Wildman–Crippen LogP) is 2.18. The molecule has 3 heteroatoms. The summed E-state index contributed by atoms with van der Waals surface area (Å²) in [4.78, 5) is 0. The van der Waals surface area contributed by atoms with E-state index in [-0.39, 0.29) is 7.43 Å². The molecule has 0 radical (unpaired) electrons. The highest BCUT2D eigenvalue weighted by molar-refractivity contribution is 5.40. The summed E-state index contributed by atoms with van der Waals surface area (Å²) in [6.07, 6.45) is 0. The van der Waals surface area contributed by atoms with Crippen molar-refractivity contribution in [2.75, 3.05) is 5.73 Å². The van der Waals surface area contributed by atoms with Gasteiger partial charge in [-0.15, -0.1) is 0 Å². The van der Waals surface area contributed by atoms with Crippen LogP contribution in [0, 0.1) is 11.6 Å². The van der Waals surface area contributed by atoms with Crippen LogP contribution in [0.1, 0.15) is 7.43 Å². The summed E-state index contributed by atoms with van der Waals surface area (Å²) in [6.45, 7) is 0. The van der Waals surface area contributed by atoms with Gasteiger partial charge in [-0.05, 0) is 12.1 Å². The highest BCUT2D eigenvalue weighted by atomic mass is 19.1. The fourth-order valence-corrected chi connectivity index (χ4v) is 0.511.